The van der Waals surface area contributed by atoms with Gasteiger partial charge in [0.25, 0.3) is 0 Å². The Morgan fingerprint density at radius 2 is 2.09 bits per heavy atom. The van der Waals surface area contributed by atoms with Crippen molar-refractivity contribution in [3.63, 3.8) is 0 Å². The Balaban J connectivity index is 1.68. The minimum absolute atomic E-state index is 0.537. The Bertz CT molecular complexity index is 598. The number of aromatic amines is 1. The Morgan fingerprint density at radius 3 is 2.73 bits per heavy atom. The highest BCUT2D eigenvalue weighted by Gasteiger charge is 2.37. The number of β-amino-alcohol motifs (C(OH)–C–C–N with tert-alkyl or cyclic N) is 1. The third-order valence-electron chi connectivity index (χ3n) is 3.94. The lowest BCUT2D eigenvalue weighted by molar-refractivity contribution is -0.0414. The number of piperidine rings is 1. The van der Waals surface area contributed by atoms with E-state index in [1.807, 2.05) is 31.4 Å². The number of rotatable bonds is 4. The summed E-state index contributed by atoms with van der Waals surface area (Å²) in [5.41, 5.74) is 0.710. The van der Waals surface area contributed by atoms with Crippen LogP contribution in [-0.4, -0.2) is 62.6 Å². The van der Waals surface area contributed by atoms with Gasteiger partial charge in [-0.2, -0.15) is 15.4 Å². The summed E-state index contributed by atoms with van der Waals surface area (Å²) in [6.07, 6.45) is 6.89. The van der Waals surface area contributed by atoms with Gasteiger partial charge >= 0.3 is 0 Å². The lowest BCUT2D eigenvalue weighted by Crippen LogP contribution is -2.45. The van der Waals surface area contributed by atoms with Crippen LogP contribution in [0.3, 0.4) is 0 Å². The summed E-state index contributed by atoms with van der Waals surface area (Å²) in [5, 5.41) is 21.2. The molecule has 0 radical (unpaired) electrons. The summed E-state index contributed by atoms with van der Waals surface area (Å²) in [6, 6.07) is 0. The molecule has 0 saturated carbocycles. The Hall–Kier alpha value is -2.06. The van der Waals surface area contributed by atoms with E-state index in [9.17, 15) is 5.11 Å². The maximum Gasteiger partial charge on any atom is 0.224 e. The van der Waals surface area contributed by atoms with Crippen molar-refractivity contribution in [2.24, 2.45) is 0 Å². The smallest absolute Gasteiger partial charge is 0.224 e. The first-order chi connectivity index (χ1) is 10.6. The summed E-state index contributed by atoms with van der Waals surface area (Å²) in [5.74, 6) is 0.696. The molecule has 1 aliphatic rings. The van der Waals surface area contributed by atoms with Crippen LogP contribution < -0.4 is 4.90 Å². The van der Waals surface area contributed by atoms with E-state index in [2.05, 4.69) is 30.3 Å². The van der Waals surface area contributed by atoms with Gasteiger partial charge in [0, 0.05) is 45.1 Å². The second-order valence-corrected chi connectivity index (χ2v) is 5.99. The highest BCUT2D eigenvalue weighted by atomic mass is 16.3. The predicted molar refractivity (Wildman–Crippen MR) is 81.1 cm³/mol. The van der Waals surface area contributed by atoms with Gasteiger partial charge in [-0.15, -0.1) is 0 Å². The predicted octanol–water partition coefficient (Wildman–Crippen LogP) is 0.144. The largest absolute Gasteiger partial charge is 0.382 e. The number of hydrogen-bond acceptors (Lipinski definition) is 7. The zero-order valence-corrected chi connectivity index (χ0v) is 12.9. The molecule has 0 bridgehead atoms. The fourth-order valence-corrected chi connectivity index (χ4v) is 2.81. The molecule has 1 aliphatic heterocycles. The van der Waals surface area contributed by atoms with E-state index in [0.717, 1.165) is 18.5 Å². The van der Waals surface area contributed by atoms with Crippen molar-refractivity contribution in [2.75, 3.05) is 32.1 Å². The van der Waals surface area contributed by atoms with Crippen LogP contribution >= 0.6 is 0 Å². The van der Waals surface area contributed by atoms with Gasteiger partial charge in [-0.3, -0.25) is 4.90 Å². The summed E-state index contributed by atoms with van der Waals surface area (Å²) in [6.45, 7) is 2.19. The number of nitrogens with zero attached hydrogens (tertiary/aromatic N) is 6. The molecule has 22 heavy (non-hydrogen) atoms. The van der Waals surface area contributed by atoms with Gasteiger partial charge in [-0.05, 0) is 19.4 Å². The monoisotopic (exact) mass is 303 g/mol. The maximum atomic E-state index is 10.8. The fraction of sp³-hybridized carbons (Fsp3) is 0.571. The number of anilines is 1. The first-order valence-electron chi connectivity index (χ1n) is 7.36. The molecule has 0 spiro atoms. The highest BCUT2D eigenvalue weighted by Crippen LogP contribution is 2.30. The van der Waals surface area contributed by atoms with Crippen molar-refractivity contribution in [1.29, 1.82) is 0 Å². The Kier molecular flexibility index (Phi) is 4.04. The summed E-state index contributed by atoms with van der Waals surface area (Å²) in [4.78, 5) is 12.7. The van der Waals surface area contributed by atoms with Gasteiger partial charge in [-0.25, -0.2) is 9.97 Å². The molecule has 1 atom stereocenters. The minimum atomic E-state index is -0.935. The van der Waals surface area contributed by atoms with Gasteiger partial charge in [-0.1, -0.05) is 0 Å². The van der Waals surface area contributed by atoms with Crippen LogP contribution in [-0.2, 0) is 12.1 Å². The Labute approximate surface area is 129 Å². The topological polar surface area (TPSA) is 94.1 Å². The minimum Gasteiger partial charge on any atom is -0.382 e. The first kappa shape index (κ1) is 14.9. The fourth-order valence-electron chi connectivity index (χ4n) is 2.81. The average molecular weight is 303 g/mol. The molecular weight excluding hydrogens is 282 g/mol. The molecule has 2 N–H and O–H groups in total. The van der Waals surface area contributed by atoms with Crippen molar-refractivity contribution in [3.05, 3.63) is 29.8 Å². The molecule has 0 amide bonds. The Morgan fingerprint density at radius 1 is 1.32 bits per heavy atom. The van der Waals surface area contributed by atoms with Crippen LogP contribution in [0.4, 0.5) is 5.95 Å². The van der Waals surface area contributed by atoms with Gasteiger partial charge in [0.15, 0.2) is 0 Å². The summed E-state index contributed by atoms with van der Waals surface area (Å²) < 4.78 is 0. The molecule has 8 heteroatoms. The SMILES string of the molecule is CN(C)c1ncc(CN2CCCC(O)(c3cn[nH]n3)C2)cn1. The van der Waals surface area contributed by atoms with E-state index in [-0.39, 0.29) is 0 Å². The number of H-pyrrole nitrogens is 1. The van der Waals surface area contributed by atoms with E-state index in [0.29, 0.717) is 31.2 Å². The summed E-state index contributed by atoms with van der Waals surface area (Å²) in [7, 11) is 3.83. The second-order valence-electron chi connectivity index (χ2n) is 5.99. The number of nitrogens with one attached hydrogen (secondary N) is 1. The number of hydrogen-bond donors (Lipinski definition) is 2. The van der Waals surface area contributed by atoms with E-state index in [1.165, 1.54) is 0 Å². The highest BCUT2D eigenvalue weighted by molar-refractivity contribution is 5.26. The van der Waals surface area contributed by atoms with E-state index < -0.39 is 5.60 Å². The summed E-state index contributed by atoms with van der Waals surface area (Å²) >= 11 is 0. The van der Waals surface area contributed by atoms with Crippen LogP contribution in [0.2, 0.25) is 0 Å². The first-order valence-corrected chi connectivity index (χ1v) is 7.36. The van der Waals surface area contributed by atoms with Gasteiger partial charge in [0.05, 0.1) is 6.20 Å². The van der Waals surface area contributed by atoms with Crippen LogP contribution in [0.5, 0.6) is 0 Å². The van der Waals surface area contributed by atoms with Crippen molar-refractivity contribution in [1.82, 2.24) is 30.3 Å². The average Bonchev–Trinajstić information content (AvgIpc) is 3.03. The van der Waals surface area contributed by atoms with Crippen LogP contribution in [0.15, 0.2) is 18.6 Å². The molecule has 0 aliphatic carbocycles. The van der Waals surface area contributed by atoms with Crippen molar-refractivity contribution >= 4 is 5.95 Å². The molecule has 2 aromatic heterocycles. The van der Waals surface area contributed by atoms with Gasteiger partial charge in [0.2, 0.25) is 5.95 Å². The molecule has 1 unspecified atom stereocenters. The molecule has 2 aromatic rings. The lowest BCUT2D eigenvalue weighted by atomic mass is 9.90. The quantitative estimate of drug-likeness (QED) is 0.830. The van der Waals surface area contributed by atoms with Crippen molar-refractivity contribution in [2.45, 2.75) is 25.0 Å². The zero-order chi connectivity index (χ0) is 15.6. The molecular formula is C14H21N7O. The molecule has 0 aromatic carbocycles. The molecule has 3 rings (SSSR count). The molecule has 8 nitrogen and oxygen atoms in total. The lowest BCUT2D eigenvalue weighted by Gasteiger charge is -2.37. The molecule has 118 valence electrons. The van der Waals surface area contributed by atoms with Crippen LogP contribution in [0.1, 0.15) is 24.1 Å². The van der Waals surface area contributed by atoms with Crippen LogP contribution in [0.25, 0.3) is 0 Å². The van der Waals surface area contributed by atoms with Crippen molar-refractivity contribution < 1.29 is 5.11 Å². The normalized spacial score (nSPS) is 22.7. The maximum absolute atomic E-state index is 10.8. The number of aromatic nitrogens is 5. The van der Waals surface area contributed by atoms with Gasteiger partial charge < -0.3 is 10.0 Å². The van der Waals surface area contributed by atoms with E-state index >= 15 is 0 Å². The van der Waals surface area contributed by atoms with E-state index in [4.69, 9.17) is 0 Å². The molecule has 3 heterocycles. The van der Waals surface area contributed by atoms with Crippen molar-refractivity contribution in [3.8, 4) is 0 Å². The number of aliphatic hydroxyl groups is 1. The van der Waals surface area contributed by atoms with Crippen LogP contribution in [0, 0.1) is 0 Å². The zero-order valence-electron chi connectivity index (χ0n) is 12.9. The molecule has 1 fully saturated rings. The third-order valence-corrected chi connectivity index (χ3v) is 3.94. The third kappa shape index (κ3) is 3.07. The molecule has 1 saturated heterocycles. The standard InChI is InChI=1S/C14H21N7O/c1-20(2)13-15-6-11(7-16-13)9-21-5-3-4-14(22,10-21)12-8-17-19-18-12/h6-8,22H,3-5,9-10H2,1-2H3,(H,17,18,19). The number of likely N-dealkylation sites (tertiary alicyclic amines) is 1. The van der Waals surface area contributed by atoms with E-state index in [1.54, 1.807) is 6.20 Å². The second kappa shape index (κ2) is 5.98. The van der Waals surface area contributed by atoms with Gasteiger partial charge in [0.1, 0.15) is 11.3 Å².